The predicted octanol–water partition coefficient (Wildman–Crippen LogP) is 3.15. The van der Waals surface area contributed by atoms with E-state index in [2.05, 4.69) is 17.0 Å². The van der Waals surface area contributed by atoms with Gasteiger partial charge in [0.25, 0.3) is 10.0 Å². The van der Waals surface area contributed by atoms with E-state index in [-0.39, 0.29) is 0 Å². The molecule has 0 spiro atoms. The van der Waals surface area contributed by atoms with Gasteiger partial charge in [0.1, 0.15) is 0 Å². The molecule has 0 saturated heterocycles. The number of aryl methyl sites for hydroxylation is 1. The highest BCUT2D eigenvalue weighted by molar-refractivity contribution is 7.92. The molecule has 0 amide bonds. The molecule has 0 aromatic heterocycles. The molecule has 1 heterocycles. The lowest BCUT2D eigenvalue weighted by Crippen LogP contribution is -2.13. The lowest BCUT2D eigenvalue weighted by Gasteiger charge is -2.11. The lowest BCUT2D eigenvalue weighted by molar-refractivity contribution is 0.601. The smallest absolute Gasteiger partial charge is 0.261 e. The van der Waals surface area contributed by atoms with Gasteiger partial charge in [-0.3, -0.25) is 4.72 Å². The van der Waals surface area contributed by atoms with Crippen molar-refractivity contribution in [3.8, 4) is 0 Å². The van der Waals surface area contributed by atoms with Gasteiger partial charge in [0.15, 0.2) is 0 Å². The van der Waals surface area contributed by atoms with Crippen LogP contribution in [-0.2, 0) is 16.4 Å². The lowest BCUT2D eigenvalue weighted by atomic mass is 10.1. The highest BCUT2D eigenvalue weighted by Gasteiger charge is 2.21. The molecule has 1 atom stereocenters. The highest BCUT2D eigenvalue weighted by Crippen LogP contribution is 2.29. The second-order valence-corrected chi connectivity index (χ2v) is 7.17. The van der Waals surface area contributed by atoms with Gasteiger partial charge < -0.3 is 5.32 Å². The molecule has 1 aliphatic rings. The molecular weight excluding hydrogens is 284 g/mol. The molecule has 0 unspecified atom stereocenters. The van der Waals surface area contributed by atoms with E-state index in [1.165, 1.54) is 0 Å². The number of hydrogen-bond donors (Lipinski definition) is 2. The summed E-state index contributed by atoms with van der Waals surface area (Å²) in [5, 5.41) is 3.32. The first kappa shape index (κ1) is 13.9. The maximum atomic E-state index is 12.5. The standard InChI is InChI=1S/C16H18N2O2S/c1-11-5-3-4-6-15(11)18-21(19,20)14-7-8-16-13(10-14)9-12(2)17-16/h3-8,10,12,17-18H,9H2,1-2H3/t12-/m0/s1. The van der Waals surface area contributed by atoms with Crippen LogP contribution in [0.2, 0.25) is 0 Å². The first-order valence-corrected chi connectivity index (χ1v) is 8.42. The van der Waals surface area contributed by atoms with Crippen LogP contribution in [0.25, 0.3) is 0 Å². The number of sulfonamides is 1. The minimum absolute atomic E-state index is 0.306. The summed E-state index contributed by atoms with van der Waals surface area (Å²) in [5.74, 6) is 0. The number of para-hydroxylation sites is 1. The summed E-state index contributed by atoms with van der Waals surface area (Å²) in [5.41, 5.74) is 3.59. The zero-order chi connectivity index (χ0) is 15.0. The summed E-state index contributed by atoms with van der Waals surface area (Å²) in [6, 6.07) is 12.9. The van der Waals surface area contributed by atoms with E-state index in [1.54, 1.807) is 18.2 Å². The highest BCUT2D eigenvalue weighted by atomic mass is 32.2. The van der Waals surface area contributed by atoms with Crippen LogP contribution < -0.4 is 10.0 Å². The largest absolute Gasteiger partial charge is 0.382 e. The van der Waals surface area contributed by atoms with E-state index in [0.717, 1.165) is 23.2 Å². The molecule has 2 aromatic carbocycles. The Labute approximate surface area is 125 Å². The number of fused-ring (bicyclic) bond motifs is 1. The van der Waals surface area contributed by atoms with Gasteiger partial charge in [0, 0.05) is 11.7 Å². The van der Waals surface area contributed by atoms with Gasteiger partial charge in [-0.1, -0.05) is 18.2 Å². The quantitative estimate of drug-likeness (QED) is 0.915. The van der Waals surface area contributed by atoms with Crippen LogP contribution in [-0.4, -0.2) is 14.5 Å². The molecule has 1 aliphatic heterocycles. The molecule has 3 rings (SSSR count). The van der Waals surface area contributed by atoms with Crippen molar-refractivity contribution in [2.45, 2.75) is 31.2 Å². The molecule has 2 N–H and O–H groups in total. The van der Waals surface area contributed by atoms with Crippen LogP contribution in [0.3, 0.4) is 0 Å². The first-order chi connectivity index (χ1) is 9.95. The second-order valence-electron chi connectivity index (χ2n) is 5.49. The molecule has 5 heteroatoms. The zero-order valence-corrected chi connectivity index (χ0v) is 12.9. The number of nitrogens with one attached hydrogen (secondary N) is 2. The monoisotopic (exact) mass is 302 g/mol. The first-order valence-electron chi connectivity index (χ1n) is 6.93. The fraction of sp³-hybridized carbons (Fsp3) is 0.250. The maximum Gasteiger partial charge on any atom is 0.261 e. The van der Waals surface area contributed by atoms with Crippen LogP contribution in [0.5, 0.6) is 0 Å². The number of benzene rings is 2. The number of anilines is 2. The fourth-order valence-corrected chi connectivity index (χ4v) is 3.77. The van der Waals surface area contributed by atoms with Crippen LogP contribution in [0.4, 0.5) is 11.4 Å². The summed E-state index contributed by atoms with van der Waals surface area (Å²) in [6.45, 7) is 3.96. The molecule has 0 radical (unpaired) electrons. The van der Waals surface area contributed by atoms with Crippen molar-refractivity contribution in [2.75, 3.05) is 10.0 Å². The third kappa shape index (κ3) is 2.74. The molecule has 21 heavy (non-hydrogen) atoms. The second kappa shape index (κ2) is 5.07. The normalized spacial score (nSPS) is 17.1. The Balaban J connectivity index is 1.93. The minimum atomic E-state index is -3.55. The van der Waals surface area contributed by atoms with Gasteiger partial charge in [-0.15, -0.1) is 0 Å². The van der Waals surface area contributed by atoms with E-state index in [9.17, 15) is 8.42 Å². The van der Waals surface area contributed by atoms with Crippen molar-refractivity contribution < 1.29 is 8.42 Å². The van der Waals surface area contributed by atoms with Crippen LogP contribution in [0, 0.1) is 6.92 Å². The van der Waals surface area contributed by atoms with E-state index >= 15 is 0 Å². The third-order valence-electron chi connectivity index (χ3n) is 3.70. The predicted molar refractivity (Wildman–Crippen MR) is 85.2 cm³/mol. The molecule has 110 valence electrons. The SMILES string of the molecule is Cc1ccccc1NS(=O)(=O)c1ccc2c(c1)C[C@H](C)N2. The Bertz CT molecular complexity index is 785. The zero-order valence-electron chi connectivity index (χ0n) is 12.1. The molecule has 0 aliphatic carbocycles. The van der Waals surface area contributed by atoms with Crippen molar-refractivity contribution in [2.24, 2.45) is 0 Å². The molecular formula is C16H18N2O2S. The van der Waals surface area contributed by atoms with Crippen molar-refractivity contribution in [3.63, 3.8) is 0 Å². The number of rotatable bonds is 3. The summed E-state index contributed by atoms with van der Waals surface area (Å²) in [4.78, 5) is 0.306. The van der Waals surface area contributed by atoms with Crippen molar-refractivity contribution in [1.82, 2.24) is 0 Å². The molecule has 0 bridgehead atoms. The molecule has 0 fully saturated rings. The Morgan fingerprint density at radius 2 is 1.95 bits per heavy atom. The van der Waals surface area contributed by atoms with E-state index in [0.29, 0.717) is 16.6 Å². The summed E-state index contributed by atoms with van der Waals surface area (Å²) in [6.07, 6.45) is 0.850. The average Bonchev–Trinajstić information content (AvgIpc) is 2.80. The Kier molecular flexibility index (Phi) is 3.37. The van der Waals surface area contributed by atoms with Crippen LogP contribution in [0.15, 0.2) is 47.4 Å². The van der Waals surface area contributed by atoms with E-state index < -0.39 is 10.0 Å². The third-order valence-corrected chi connectivity index (χ3v) is 5.07. The molecule has 0 saturated carbocycles. The fourth-order valence-electron chi connectivity index (χ4n) is 2.58. The van der Waals surface area contributed by atoms with Gasteiger partial charge in [-0.2, -0.15) is 0 Å². The van der Waals surface area contributed by atoms with Crippen LogP contribution >= 0.6 is 0 Å². The van der Waals surface area contributed by atoms with Crippen molar-refractivity contribution in [3.05, 3.63) is 53.6 Å². The van der Waals surface area contributed by atoms with Gasteiger partial charge >= 0.3 is 0 Å². The number of hydrogen-bond acceptors (Lipinski definition) is 3. The van der Waals surface area contributed by atoms with Gasteiger partial charge in [-0.25, -0.2) is 8.42 Å². The Morgan fingerprint density at radius 1 is 1.19 bits per heavy atom. The summed E-state index contributed by atoms with van der Waals surface area (Å²) in [7, 11) is -3.55. The molecule has 2 aromatic rings. The van der Waals surface area contributed by atoms with E-state index in [4.69, 9.17) is 0 Å². The Morgan fingerprint density at radius 3 is 2.71 bits per heavy atom. The van der Waals surface area contributed by atoms with Crippen molar-refractivity contribution in [1.29, 1.82) is 0 Å². The summed E-state index contributed by atoms with van der Waals surface area (Å²) < 4.78 is 27.7. The molecule has 4 nitrogen and oxygen atoms in total. The maximum absolute atomic E-state index is 12.5. The summed E-state index contributed by atoms with van der Waals surface area (Å²) >= 11 is 0. The minimum Gasteiger partial charge on any atom is -0.382 e. The van der Waals surface area contributed by atoms with E-state index in [1.807, 2.05) is 31.2 Å². The van der Waals surface area contributed by atoms with Gasteiger partial charge in [0.2, 0.25) is 0 Å². The van der Waals surface area contributed by atoms with Gasteiger partial charge in [0.05, 0.1) is 10.6 Å². The topological polar surface area (TPSA) is 58.2 Å². The average molecular weight is 302 g/mol. The Hall–Kier alpha value is -2.01. The van der Waals surface area contributed by atoms with Gasteiger partial charge in [-0.05, 0) is 55.7 Å². The van der Waals surface area contributed by atoms with Crippen LogP contribution in [0.1, 0.15) is 18.1 Å². The van der Waals surface area contributed by atoms with Crippen molar-refractivity contribution >= 4 is 21.4 Å².